The molecular weight excluding hydrogens is 248 g/mol. The molecule has 0 aliphatic rings. The number of methoxy groups -OCH3 is 1. The van der Waals surface area contributed by atoms with Crippen LogP contribution < -0.4 is 11.3 Å². The highest BCUT2D eigenvalue weighted by molar-refractivity contribution is 8.00. The molecule has 1 atom stereocenters. The van der Waals surface area contributed by atoms with Gasteiger partial charge in [-0.25, -0.2) is 5.84 Å². The molecule has 18 heavy (non-hydrogen) atoms. The number of nitrogens with one attached hydrogen (secondary N) is 1. The van der Waals surface area contributed by atoms with Crippen molar-refractivity contribution in [3.05, 3.63) is 29.8 Å². The molecule has 0 heterocycles. The maximum Gasteiger partial charge on any atom is 0.249 e. The fraction of sp³-hybridized carbons (Fsp3) is 0.462. The first-order chi connectivity index (χ1) is 8.58. The highest BCUT2D eigenvalue weighted by Gasteiger charge is 2.18. The summed E-state index contributed by atoms with van der Waals surface area (Å²) in [6.45, 7) is 4.63. The molecule has 0 spiro atoms. The van der Waals surface area contributed by atoms with Crippen LogP contribution in [-0.4, -0.2) is 24.9 Å². The largest absolute Gasteiger partial charge is 0.383 e. The molecule has 100 valence electrons. The van der Waals surface area contributed by atoms with Gasteiger partial charge in [-0.3, -0.25) is 10.2 Å². The minimum atomic E-state index is -0.329. The summed E-state index contributed by atoms with van der Waals surface area (Å²) in [5.74, 6) is 5.43. The van der Waals surface area contributed by atoms with E-state index in [9.17, 15) is 4.79 Å². The van der Waals surface area contributed by atoms with Crippen LogP contribution in [0.5, 0.6) is 0 Å². The maximum atomic E-state index is 11.5. The normalized spacial score (nSPS) is 12.5. The zero-order valence-electron chi connectivity index (χ0n) is 11.0. The minimum Gasteiger partial charge on any atom is -0.383 e. The molecule has 1 unspecified atom stereocenters. The van der Waals surface area contributed by atoms with E-state index in [1.807, 2.05) is 12.1 Å². The molecule has 0 fully saturated rings. The van der Waals surface area contributed by atoms with Gasteiger partial charge in [-0.05, 0) is 23.6 Å². The van der Waals surface area contributed by atoms with Gasteiger partial charge in [-0.15, -0.1) is 11.8 Å². The molecule has 0 bridgehead atoms. The van der Waals surface area contributed by atoms with Crippen molar-refractivity contribution in [2.45, 2.75) is 29.9 Å². The number of ether oxygens (including phenoxy) is 1. The first-order valence-corrected chi connectivity index (χ1v) is 6.72. The smallest absolute Gasteiger partial charge is 0.249 e. The number of amides is 1. The van der Waals surface area contributed by atoms with E-state index in [1.165, 1.54) is 17.3 Å². The van der Waals surface area contributed by atoms with E-state index in [4.69, 9.17) is 10.6 Å². The first kappa shape index (κ1) is 15.0. The van der Waals surface area contributed by atoms with Crippen molar-refractivity contribution in [2.75, 3.05) is 13.7 Å². The predicted octanol–water partition coefficient (Wildman–Crippen LogP) is 1.91. The summed E-state index contributed by atoms with van der Waals surface area (Å²) < 4.78 is 5.02. The van der Waals surface area contributed by atoms with E-state index in [1.54, 1.807) is 7.11 Å². The Morgan fingerprint density at radius 1 is 1.39 bits per heavy atom. The van der Waals surface area contributed by atoms with Gasteiger partial charge in [0.05, 0.1) is 6.61 Å². The predicted molar refractivity (Wildman–Crippen MR) is 74.4 cm³/mol. The van der Waals surface area contributed by atoms with E-state index >= 15 is 0 Å². The zero-order chi connectivity index (χ0) is 13.5. The maximum absolute atomic E-state index is 11.5. The molecule has 1 aromatic carbocycles. The Morgan fingerprint density at radius 3 is 2.44 bits per heavy atom. The zero-order valence-corrected chi connectivity index (χ0v) is 11.8. The van der Waals surface area contributed by atoms with Gasteiger partial charge in [0, 0.05) is 12.0 Å². The standard InChI is InChI=1S/C13H20N2O2S/c1-9(2)10-4-6-11(7-5-10)18-12(8-17-3)13(16)15-14/h4-7,9,12H,8,14H2,1-3H3,(H,15,16). The second-order valence-electron chi connectivity index (χ2n) is 4.29. The van der Waals surface area contributed by atoms with Crippen LogP contribution in [-0.2, 0) is 9.53 Å². The van der Waals surface area contributed by atoms with E-state index in [-0.39, 0.29) is 11.2 Å². The number of hydrogen-bond acceptors (Lipinski definition) is 4. The summed E-state index contributed by atoms with van der Waals surface area (Å²) in [6.07, 6.45) is 0. The number of carbonyl (C=O) groups is 1. The fourth-order valence-electron chi connectivity index (χ4n) is 1.50. The van der Waals surface area contributed by atoms with E-state index in [2.05, 4.69) is 31.4 Å². The van der Waals surface area contributed by atoms with Crippen molar-refractivity contribution in [1.82, 2.24) is 5.43 Å². The van der Waals surface area contributed by atoms with Gasteiger partial charge < -0.3 is 4.74 Å². The van der Waals surface area contributed by atoms with Crippen molar-refractivity contribution in [2.24, 2.45) is 5.84 Å². The second-order valence-corrected chi connectivity index (χ2v) is 5.57. The monoisotopic (exact) mass is 268 g/mol. The summed E-state index contributed by atoms with van der Waals surface area (Å²) >= 11 is 1.45. The molecule has 0 aliphatic carbocycles. The Kier molecular flexibility index (Phi) is 6.18. The SMILES string of the molecule is COCC(Sc1ccc(C(C)C)cc1)C(=O)NN. The Hall–Kier alpha value is -1.04. The lowest BCUT2D eigenvalue weighted by atomic mass is 10.0. The van der Waals surface area contributed by atoms with Crippen LogP contribution in [0.3, 0.4) is 0 Å². The summed E-state index contributed by atoms with van der Waals surface area (Å²) in [7, 11) is 1.57. The molecule has 0 radical (unpaired) electrons. The fourth-order valence-corrected chi connectivity index (χ4v) is 2.50. The van der Waals surface area contributed by atoms with Gasteiger partial charge >= 0.3 is 0 Å². The summed E-state index contributed by atoms with van der Waals surface area (Å²) in [5, 5.41) is -0.329. The van der Waals surface area contributed by atoms with Crippen LogP contribution in [0.25, 0.3) is 0 Å². The van der Waals surface area contributed by atoms with E-state index in [0.29, 0.717) is 12.5 Å². The van der Waals surface area contributed by atoms with Crippen molar-refractivity contribution >= 4 is 17.7 Å². The summed E-state index contributed by atoms with van der Waals surface area (Å²) in [6, 6.07) is 8.20. The quantitative estimate of drug-likeness (QED) is 0.358. The number of carbonyl (C=O) groups excluding carboxylic acids is 1. The van der Waals surface area contributed by atoms with Crippen LogP contribution in [0.4, 0.5) is 0 Å². The number of hydrazine groups is 1. The molecule has 3 N–H and O–H groups in total. The molecule has 0 aliphatic heterocycles. The van der Waals surface area contributed by atoms with Crippen LogP contribution in [0, 0.1) is 0 Å². The van der Waals surface area contributed by atoms with Gasteiger partial charge in [0.15, 0.2) is 0 Å². The average Bonchev–Trinajstić information content (AvgIpc) is 2.38. The van der Waals surface area contributed by atoms with Gasteiger partial charge in [0.2, 0.25) is 5.91 Å². The highest BCUT2D eigenvalue weighted by atomic mass is 32.2. The Bertz CT molecular complexity index is 379. The summed E-state index contributed by atoms with van der Waals surface area (Å²) in [4.78, 5) is 12.6. The van der Waals surface area contributed by atoms with Crippen molar-refractivity contribution < 1.29 is 9.53 Å². The number of rotatable bonds is 6. The lowest BCUT2D eigenvalue weighted by Crippen LogP contribution is -2.39. The average molecular weight is 268 g/mol. The molecule has 0 saturated carbocycles. The third-order valence-corrected chi connectivity index (χ3v) is 3.76. The van der Waals surface area contributed by atoms with Gasteiger partial charge in [0.25, 0.3) is 0 Å². The minimum absolute atomic E-state index is 0.227. The van der Waals surface area contributed by atoms with Crippen molar-refractivity contribution in [3.8, 4) is 0 Å². The van der Waals surface area contributed by atoms with Gasteiger partial charge in [-0.1, -0.05) is 26.0 Å². The molecule has 1 aromatic rings. The molecular formula is C13H20N2O2S. The van der Waals surface area contributed by atoms with E-state index < -0.39 is 0 Å². The van der Waals surface area contributed by atoms with Crippen LogP contribution >= 0.6 is 11.8 Å². The van der Waals surface area contributed by atoms with E-state index in [0.717, 1.165) is 4.90 Å². The topological polar surface area (TPSA) is 64.3 Å². The van der Waals surface area contributed by atoms with Crippen molar-refractivity contribution in [3.63, 3.8) is 0 Å². The molecule has 0 saturated heterocycles. The second kappa shape index (κ2) is 7.41. The number of benzene rings is 1. The lowest BCUT2D eigenvalue weighted by Gasteiger charge is -2.14. The molecule has 0 aromatic heterocycles. The van der Waals surface area contributed by atoms with Crippen LogP contribution in [0.15, 0.2) is 29.2 Å². The van der Waals surface area contributed by atoms with Gasteiger partial charge in [0.1, 0.15) is 5.25 Å². The molecule has 1 amide bonds. The van der Waals surface area contributed by atoms with Crippen LogP contribution in [0.2, 0.25) is 0 Å². The van der Waals surface area contributed by atoms with Crippen molar-refractivity contribution in [1.29, 1.82) is 0 Å². The molecule has 4 nitrogen and oxygen atoms in total. The molecule has 5 heteroatoms. The number of hydrogen-bond donors (Lipinski definition) is 2. The first-order valence-electron chi connectivity index (χ1n) is 5.84. The highest BCUT2D eigenvalue weighted by Crippen LogP contribution is 2.25. The Morgan fingerprint density at radius 2 is 2.00 bits per heavy atom. The third kappa shape index (κ3) is 4.33. The Balaban J connectivity index is 2.71. The lowest BCUT2D eigenvalue weighted by molar-refractivity contribution is -0.121. The third-order valence-electron chi connectivity index (χ3n) is 2.58. The molecule has 1 rings (SSSR count). The Labute approximate surface area is 112 Å². The summed E-state index contributed by atoms with van der Waals surface area (Å²) in [5.41, 5.74) is 3.44. The number of thioether (sulfide) groups is 1. The van der Waals surface area contributed by atoms with Crippen LogP contribution in [0.1, 0.15) is 25.3 Å². The number of nitrogens with two attached hydrogens (primary N) is 1. The van der Waals surface area contributed by atoms with Gasteiger partial charge in [-0.2, -0.15) is 0 Å².